The van der Waals surface area contributed by atoms with E-state index in [1.54, 1.807) is 0 Å². The fourth-order valence-corrected chi connectivity index (χ4v) is 2.98. The molecule has 2 aromatic rings. The molecule has 1 heterocycles. The number of amides is 1. The molecule has 2 aromatic carbocycles. The van der Waals surface area contributed by atoms with Gasteiger partial charge in [-0.1, -0.05) is 30.3 Å². The number of anilines is 1. The summed E-state index contributed by atoms with van der Waals surface area (Å²) < 4.78 is 5.73. The second-order valence-electron chi connectivity index (χ2n) is 6.36. The lowest BCUT2D eigenvalue weighted by Crippen LogP contribution is -2.40. The zero-order valence-electron chi connectivity index (χ0n) is 14.0. The van der Waals surface area contributed by atoms with E-state index in [0.29, 0.717) is 12.6 Å². The maximum atomic E-state index is 12.3. The summed E-state index contributed by atoms with van der Waals surface area (Å²) >= 11 is 0. The Kier molecular flexibility index (Phi) is 5.49. The Bertz CT molecular complexity index is 655. The number of hydrogen-bond donors (Lipinski definition) is 2. The quantitative estimate of drug-likeness (QED) is 0.883. The molecule has 2 atom stereocenters. The van der Waals surface area contributed by atoms with Crippen LogP contribution in [-0.2, 0) is 11.4 Å². The summed E-state index contributed by atoms with van der Waals surface area (Å²) in [6.07, 6.45) is 1.80. The van der Waals surface area contributed by atoms with Crippen LogP contribution in [-0.4, -0.2) is 18.5 Å². The van der Waals surface area contributed by atoms with Gasteiger partial charge in [0.25, 0.3) is 0 Å². The lowest BCUT2D eigenvalue weighted by atomic mass is 9.92. The van der Waals surface area contributed by atoms with E-state index in [0.717, 1.165) is 36.4 Å². The van der Waals surface area contributed by atoms with Crippen LogP contribution in [0.2, 0.25) is 0 Å². The Morgan fingerprint density at radius 1 is 1.17 bits per heavy atom. The van der Waals surface area contributed by atoms with Crippen molar-refractivity contribution in [1.29, 1.82) is 0 Å². The van der Waals surface area contributed by atoms with Crippen LogP contribution in [0.3, 0.4) is 0 Å². The minimum Gasteiger partial charge on any atom is -0.489 e. The van der Waals surface area contributed by atoms with Crippen molar-refractivity contribution < 1.29 is 9.53 Å². The predicted molar refractivity (Wildman–Crippen MR) is 96.0 cm³/mol. The average molecular weight is 324 g/mol. The number of ether oxygens (including phenoxy) is 1. The molecule has 0 aliphatic carbocycles. The number of hydrogen-bond acceptors (Lipinski definition) is 3. The average Bonchev–Trinajstić information content (AvgIpc) is 2.62. The summed E-state index contributed by atoms with van der Waals surface area (Å²) in [5.74, 6) is 1.08. The van der Waals surface area contributed by atoms with Crippen LogP contribution in [0, 0.1) is 5.92 Å². The van der Waals surface area contributed by atoms with Crippen molar-refractivity contribution in [3.8, 4) is 5.75 Å². The molecule has 24 heavy (non-hydrogen) atoms. The molecule has 0 unspecified atom stereocenters. The maximum Gasteiger partial charge on any atom is 0.227 e. The third kappa shape index (κ3) is 4.59. The van der Waals surface area contributed by atoms with E-state index >= 15 is 0 Å². The number of para-hydroxylation sites is 1. The van der Waals surface area contributed by atoms with Crippen LogP contribution in [0.4, 0.5) is 5.69 Å². The number of piperidine rings is 1. The molecule has 1 amide bonds. The Balaban J connectivity index is 1.51. The first kappa shape index (κ1) is 16.5. The van der Waals surface area contributed by atoms with Gasteiger partial charge in [-0.3, -0.25) is 4.79 Å². The highest BCUT2D eigenvalue weighted by molar-refractivity contribution is 5.92. The second kappa shape index (κ2) is 7.97. The van der Waals surface area contributed by atoms with Crippen molar-refractivity contribution in [2.24, 2.45) is 5.92 Å². The van der Waals surface area contributed by atoms with Crippen LogP contribution < -0.4 is 15.4 Å². The van der Waals surface area contributed by atoms with E-state index in [1.165, 1.54) is 0 Å². The Hall–Kier alpha value is -2.33. The van der Waals surface area contributed by atoms with Crippen molar-refractivity contribution in [3.05, 3.63) is 60.2 Å². The highest BCUT2D eigenvalue weighted by Crippen LogP contribution is 2.19. The Labute approximate surface area is 143 Å². The van der Waals surface area contributed by atoms with Gasteiger partial charge < -0.3 is 15.4 Å². The Morgan fingerprint density at radius 3 is 2.62 bits per heavy atom. The molecule has 1 fully saturated rings. The Morgan fingerprint density at radius 2 is 1.92 bits per heavy atom. The fourth-order valence-electron chi connectivity index (χ4n) is 2.98. The molecule has 3 rings (SSSR count). The molecule has 2 N–H and O–H groups in total. The first-order valence-electron chi connectivity index (χ1n) is 8.52. The van der Waals surface area contributed by atoms with Crippen molar-refractivity contribution in [2.45, 2.75) is 32.4 Å². The van der Waals surface area contributed by atoms with E-state index in [9.17, 15) is 4.79 Å². The van der Waals surface area contributed by atoms with E-state index in [2.05, 4.69) is 17.6 Å². The first-order chi connectivity index (χ1) is 11.7. The molecule has 0 radical (unpaired) electrons. The SMILES string of the molecule is C[C@H]1C[C@@H](C(=O)Nc2ccc(COc3ccccc3)cc2)CCN1. The standard InChI is InChI=1S/C20H24N2O2/c1-15-13-17(11-12-21-15)20(23)22-18-9-7-16(8-10-18)14-24-19-5-3-2-4-6-19/h2-10,15,17,21H,11-14H2,1H3,(H,22,23)/t15-,17-/m0/s1. The lowest BCUT2D eigenvalue weighted by molar-refractivity contribution is -0.120. The lowest BCUT2D eigenvalue weighted by Gasteiger charge is -2.27. The third-order valence-electron chi connectivity index (χ3n) is 4.36. The number of carbonyl (C=O) groups excluding carboxylic acids is 1. The number of nitrogens with one attached hydrogen (secondary N) is 2. The smallest absolute Gasteiger partial charge is 0.227 e. The minimum absolute atomic E-state index is 0.0994. The maximum absolute atomic E-state index is 12.3. The van der Waals surface area contributed by atoms with E-state index in [-0.39, 0.29) is 11.8 Å². The van der Waals surface area contributed by atoms with Gasteiger partial charge in [0.2, 0.25) is 5.91 Å². The van der Waals surface area contributed by atoms with Gasteiger partial charge in [0.15, 0.2) is 0 Å². The van der Waals surface area contributed by atoms with Crippen LogP contribution >= 0.6 is 0 Å². The van der Waals surface area contributed by atoms with Gasteiger partial charge in [0.05, 0.1) is 0 Å². The molecule has 1 aliphatic rings. The molecule has 126 valence electrons. The third-order valence-corrected chi connectivity index (χ3v) is 4.36. The number of carbonyl (C=O) groups is 1. The molecule has 1 aliphatic heterocycles. The van der Waals surface area contributed by atoms with Gasteiger partial charge >= 0.3 is 0 Å². The topological polar surface area (TPSA) is 50.4 Å². The van der Waals surface area contributed by atoms with Crippen LogP contribution in [0.15, 0.2) is 54.6 Å². The summed E-state index contributed by atoms with van der Waals surface area (Å²) in [4.78, 5) is 12.3. The van der Waals surface area contributed by atoms with Gasteiger partial charge in [-0.05, 0) is 56.1 Å². The molecule has 4 nitrogen and oxygen atoms in total. The molecule has 0 aromatic heterocycles. The summed E-state index contributed by atoms with van der Waals surface area (Å²) in [6, 6.07) is 18.0. The molecule has 0 saturated carbocycles. The summed E-state index contributed by atoms with van der Waals surface area (Å²) in [6.45, 7) is 3.56. The molecule has 1 saturated heterocycles. The molecular formula is C20H24N2O2. The van der Waals surface area contributed by atoms with Crippen LogP contribution in [0.25, 0.3) is 0 Å². The minimum atomic E-state index is 0.0994. The highest BCUT2D eigenvalue weighted by atomic mass is 16.5. The van der Waals surface area contributed by atoms with E-state index in [4.69, 9.17) is 4.74 Å². The van der Waals surface area contributed by atoms with Crippen LogP contribution in [0.5, 0.6) is 5.75 Å². The van der Waals surface area contributed by atoms with Crippen molar-refractivity contribution in [1.82, 2.24) is 5.32 Å². The van der Waals surface area contributed by atoms with E-state index in [1.807, 2.05) is 54.6 Å². The normalized spacial score (nSPS) is 20.4. The molecule has 4 heteroatoms. The van der Waals surface area contributed by atoms with Gasteiger partial charge in [0.1, 0.15) is 12.4 Å². The van der Waals surface area contributed by atoms with Crippen molar-refractivity contribution in [3.63, 3.8) is 0 Å². The van der Waals surface area contributed by atoms with Gasteiger partial charge in [0, 0.05) is 17.6 Å². The molecular weight excluding hydrogens is 300 g/mol. The predicted octanol–water partition coefficient (Wildman–Crippen LogP) is 3.59. The summed E-state index contributed by atoms with van der Waals surface area (Å²) in [7, 11) is 0. The second-order valence-corrected chi connectivity index (χ2v) is 6.36. The van der Waals surface area contributed by atoms with E-state index < -0.39 is 0 Å². The van der Waals surface area contributed by atoms with Crippen LogP contribution in [0.1, 0.15) is 25.3 Å². The van der Waals surface area contributed by atoms with Crippen molar-refractivity contribution in [2.75, 3.05) is 11.9 Å². The molecule has 0 spiro atoms. The first-order valence-corrected chi connectivity index (χ1v) is 8.52. The van der Waals surface area contributed by atoms with Gasteiger partial charge in [-0.15, -0.1) is 0 Å². The highest BCUT2D eigenvalue weighted by Gasteiger charge is 2.24. The zero-order valence-corrected chi connectivity index (χ0v) is 14.0. The number of benzene rings is 2. The van der Waals surface area contributed by atoms with Gasteiger partial charge in [-0.2, -0.15) is 0 Å². The van der Waals surface area contributed by atoms with Crippen molar-refractivity contribution >= 4 is 11.6 Å². The fraction of sp³-hybridized carbons (Fsp3) is 0.350. The van der Waals surface area contributed by atoms with Gasteiger partial charge in [-0.25, -0.2) is 0 Å². The summed E-state index contributed by atoms with van der Waals surface area (Å²) in [5, 5.41) is 6.40. The summed E-state index contributed by atoms with van der Waals surface area (Å²) in [5.41, 5.74) is 1.92. The monoisotopic (exact) mass is 324 g/mol. The number of rotatable bonds is 5. The molecule has 0 bridgehead atoms. The largest absolute Gasteiger partial charge is 0.489 e. The zero-order chi connectivity index (χ0) is 16.8.